The molecule has 0 saturated carbocycles. The molecular formula is C19H22N2O4S. The summed E-state index contributed by atoms with van der Waals surface area (Å²) in [6.45, 7) is 2.22. The summed E-state index contributed by atoms with van der Waals surface area (Å²) < 4.78 is 31.6. The Hall–Kier alpha value is -2.54. The van der Waals surface area contributed by atoms with Crippen LogP contribution in [0.1, 0.15) is 18.4 Å². The number of ether oxygens (including phenoxy) is 1. The van der Waals surface area contributed by atoms with Gasteiger partial charge >= 0.3 is 0 Å². The minimum atomic E-state index is -3.29. The number of nitrogens with one attached hydrogen (secondary N) is 1. The van der Waals surface area contributed by atoms with Crippen molar-refractivity contribution in [3.8, 4) is 5.75 Å². The third kappa shape index (κ3) is 4.35. The first-order valence-electron chi connectivity index (χ1n) is 8.54. The molecule has 6 nitrogen and oxygen atoms in total. The lowest BCUT2D eigenvalue weighted by atomic mass is 10.1. The zero-order valence-corrected chi connectivity index (χ0v) is 15.5. The van der Waals surface area contributed by atoms with Crippen molar-refractivity contribution in [1.82, 2.24) is 0 Å². The number of benzene rings is 2. The number of anilines is 2. The van der Waals surface area contributed by atoms with Gasteiger partial charge in [0.25, 0.3) is 5.91 Å². The highest BCUT2D eigenvalue weighted by Gasteiger charge is 2.27. The topological polar surface area (TPSA) is 75.7 Å². The minimum Gasteiger partial charge on any atom is -0.484 e. The average molecular weight is 374 g/mol. The molecule has 1 saturated heterocycles. The molecule has 2 aromatic rings. The lowest BCUT2D eigenvalue weighted by Crippen LogP contribution is -2.38. The number of hydrogen-bond acceptors (Lipinski definition) is 4. The molecule has 0 spiro atoms. The largest absolute Gasteiger partial charge is 0.484 e. The summed E-state index contributed by atoms with van der Waals surface area (Å²) in [6, 6.07) is 14.4. The number of hydrogen-bond donors (Lipinski definition) is 1. The van der Waals surface area contributed by atoms with E-state index in [0.29, 0.717) is 30.1 Å². The Morgan fingerprint density at radius 1 is 1.15 bits per heavy atom. The van der Waals surface area contributed by atoms with Crippen molar-refractivity contribution < 1.29 is 17.9 Å². The molecule has 7 heteroatoms. The highest BCUT2D eigenvalue weighted by Crippen LogP contribution is 2.29. The van der Waals surface area contributed by atoms with Crippen LogP contribution in [0, 0.1) is 6.92 Å². The molecule has 1 heterocycles. The number of carbonyl (C=O) groups is 1. The van der Waals surface area contributed by atoms with Gasteiger partial charge in [-0.25, -0.2) is 8.42 Å². The zero-order chi connectivity index (χ0) is 18.6. The van der Waals surface area contributed by atoms with Gasteiger partial charge in [-0.15, -0.1) is 0 Å². The number of amides is 1. The van der Waals surface area contributed by atoms with Crippen LogP contribution in [0.5, 0.6) is 5.75 Å². The molecular weight excluding hydrogens is 352 g/mol. The van der Waals surface area contributed by atoms with Crippen molar-refractivity contribution in [3.63, 3.8) is 0 Å². The van der Waals surface area contributed by atoms with E-state index < -0.39 is 10.0 Å². The van der Waals surface area contributed by atoms with Crippen LogP contribution >= 0.6 is 0 Å². The van der Waals surface area contributed by atoms with Crippen LogP contribution in [0.25, 0.3) is 0 Å². The summed E-state index contributed by atoms with van der Waals surface area (Å²) >= 11 is 0. The van der Waals surface area contributed by atoms with E-state index in [1.54, 1.807) is 24.3 Å². The Bertz CT molecular complexity index is 882. The molecule has 3 rings (SSSR count). The molecule has 1 N–H and O–H groups in total. The Labute approximate surface area is 153 Å². The van der Waals surface area contributed by atoms with Crippen molar-refractivity contribution in [2.24, 2.45) is 0 Å². The molecule has 1 fully saturated rings. The highest BCUT2D eigenvalue weighted by molar-refractivity contribution is 7.92. The first-order valence-corrected chi connectivity index (χ1v) is 10.2. The molecule has 2 aromatic carbocycles. The normalized spacial score (nSPS) is 16.1. The number of aryl methyl sites for hydroxylation is 1. The maximum absolute atomic E-state index is 12.3. The van der Waals surface area contributed by atoms with Crippen LogP contribution in [0.4, 0.5) is 11.4 Å². The van der Waals surface area contributed by atoms with Crippen LogP contribution in [0.3, 0.4) is 0 Å². The van der Waals surface area contributed by atoms with Gasteiger partial charge in [-0.1, -0.05) is 24.3 Å². The van der Waals surface area contributed by atoms with Gasteiger partial charge in [0.1, 0.15) is 5.75 Å². The Kier molecular flexibility index (Phi) is 5.46. The summed E-state index contributed by atoms with van der Waals surface area (Å²) in [5.74, 6) is 0.477. The van der Waals surface area contributed by atoms with Crippen LogP contribution in [0.15, 0.2) is 48.5 Å². The zero-order valence-electron chi connectivity index (χ0n) is 14.6. The third-order valence-electron chi connectivity index (χ3n) is 4.22. The lowest BCUT2D eigenvalue weighted by molar-refractivity contribution is -0.118. The Morgan fingerprint density at radius 2 is 1.92 bits per heavy atom. The predicted octanol–water partition coefficient (Wildman–Crippen LogP) is 2.94. The second-order valence-electron chi connectivity index (χ2n) is 6.25. The van der Waals surface area contributed by atoms with E-state index >= 15 is 0 Å². The first-order chi connectivity index (χ1) is 12.5. The molecule has 0 radical (unpaired) electrons. The van der Waals surface area contributed by atoms with E-state index in [1.165, 1.54) is 4.31 Å². The number of carbonyl (C=O) groups excluding carboxylic acids is 1. The van der Waals surface area contributed by atoms with Crippen molar-refractivity contribution in [1.29, 1.82) is 0 Å². The van der Waals surface area contributed by atoms with E-state index in [0.717, 1.165) is 12.0 Å². The molecule has 1 amide bonds. The van der Waals surface area contributed by atoms with Gasteiger partial charge in [0.2, 0.25) is 10.0 Å². The van der Waals surface area contributed by atoms with Crippen LogP contribution in [-0.4, -0.2) is 33.2 Å². The molecule has 0 unspecified atom stereocenters. The SMILES string of the molecule is Cc1ccc(NC(=O)COc2ccccc2)cc1N1CCCCS1(=O)=O. The summed E-state index contributed by atoms with van der Waals surface area (Å²) in [4.78, 5) is 12.1. The number of nitrogens with zero attached hydrogens (tertiary/aromatic N) is 1. The summed E-state index contributed by atoms with van der Waals surface area (Å²) in [5, 5.41) is 2.76. The maximum atomic E-state index is 12.3. The standard InChI is InChI=1S/C19H22N2O4S/c1-15-9-10-16(13-18(15)21-11-5-6-12-26(21,23)24)20-19(22)14-25-17-7-3-2-4-8-17/h2-4,7-10,13H,5-6,11-12,14H2,1H3,(H,20,22). The summed E-state index contributed by atoms with van der Waals surface area (Å²) in [7, 11) is -3.29. The molecule has 0 aromatic heterocycles. The average Bonchev–Trinajstić information content (AvgIpc) is 2.62. The van der Waals surface area contributed by atoms with Crippen molar-refractivity contribution in [2.45, 2.75) is 19.8 Å². The quantitative estimate of drug-likeness (QED) is 0.873. The Balaban J connectivity index is 1.70. The van der Waals surface area contributed by atoms with E-state index in [4.69, 9.17) is 4.74 Å². The van der Waals surface area contributed by atoms with Crippen LogP contribution in [0.2, 0.25) is 0 Å². The fourth-order valence-electron chi connectivity index (χ4n) is 2.88. The molecule has 1 aliphatic heterocycles. The van der Waals surface area contributed by atoms with Gasteiger partial charge in [-0.2, -0.15) is 0 Å². The fraction of sp³-hybridized carbons (Fsp3) is 0.316. The molecule has 0 aliphatic carbocycles. The van der Waals surface area contributed by atoms with Gasteiger partial charge in [-0.3, -0.25) is 9.10 Å². The van der Waals surface area contributed by atoms with Crippen molar-refractivity contribution in [3.05, 3.63) is 54.1 Å². The number of para-hydroxylation sites is 1. The second-order valence-corrected chi connectivity index (χ2v) is 8.26. The third-order valence-corrected chi connectivity index (χ3v) is 6.08. The van der Waals surface area contributed by atoms with Gasteiger partial charge in [0.05, 0.1) is 11.4 Å². The van der Waals surface area contributed by atoms with Crippen LogP contribution < -0.4 is 14.4 Å². The maximum Gasteiger partial charge on any atom is 0.262 e. The molecule has 138 valence electrons. The summed E-state index contributed by atoms with van der Waals surface area (Å²) in [6.07, 6.45) is 1.52. The van der Waals surface area contributed by atoms with Gasteiger partial charge in [-0.05, 0) is 49.6 Å². The molecule has 26 heavy (non-hydrogen) atoms. The van der Waals surface area contributed by atoms with Crippen molar-refractivity contribution >= 4 is 27.3 Å². The van der Waals surface area contributed by atoms with E-state index in [-0.39, 0.29) is 18.3 Å². The first kappa shape index (κ1) is 18.3. The molecule has 0 atom stereocenters. The molecule has 1 aliphatic rings. The Morgan fingerprint density at radius 3 is 2.65 bits per heavy atom. The van der Waals surface area contributed by atoms with Gasteiger partial charge in [0, 0.05) is 12.2 Å². The minimum absolute atomic E-state index is 0.116. The smallest absolute Gasteiger partial charge is 0.262 e. The number of rotatable bonds is 5. The number of sulfonamides is 1. The lowest BCUT2D eigenvalue weighted by Gasteiger charge is -2.29. The highest BCUT2D eigenvalue weighted by atomic mass is 32.2. The van der Waals surface area contributed by atoms with E-state index in [1.807, 2.05) is 31.2 Å². The summed E-state index contributed by atoms with van der Waals surface area (Å²) in [5.41, 5.74) is 2.02. The van der Waals surface area contributed by atoms with Crippen LogP contribution in [-0.2, 0) is 14.8 Å². The monoisotopic (exact) mass is 374 g/mol. The predicted molar refractivity (Wildman–Crippen MR) is 102 cm³/mol. The van der Waals surface area contributed by atoms with E-state index in [9.17, 15) is 13.2 Å². The molecule has 0 bridgehead atoms. The second kappa shape index (κ2) is 7.78. The van der Waals surface area contributed by atoms with Gasteiger partial charge in [0.15, 0.2) is 6.61 Å². The van der Waals surface area contributed by atoms with Crippen molar-refractivity contribution in [2.75, 3.05) is 28.5 Å². The fourth-order valence-corrected chi connectivity index (χ4v) is 4.57. The van der Waals surface area contributed by atoms with Gasteiger partial charge < -0.3 is 10.1 Å². The van der Waals surface area contributed by atoms with E-state index in [2.05, 4.69) is 5.32 Å².